The maximum absolute atomic E-state index is 11.7. The Morgan fingerprint density at radius 1 is 1.54 bits per heavy atom. The Kier molecular flexibility index (Phi) is 5.19. The first-order chi connectivity index (χ1) is 11.4. The minimum atomic E-state index is -2.89. The lowest BCUT2D eigenvalue weighted by Gasteiger charge is -2.22. The van der Waals surface area contributed by atoms with Gasteiger partial charge in [0.15, 0.2) is 16.5 Å². The molecular weight excluding hydrogens is 368 g/mol. The average Bonchev–Trinajstić information content (AvgIpc) is 3.17. The summed E-state index contributed by atoms with van der Waals surface area (Å²) in [4.78, 5) is 5.89. The van der Waals surface area contributed by atoms with Gasteiger partial charge in [-0.1, -0.05) is 0 Å². The second-order valence-electron chi connectivity index (χ2n) is 6.07. The molecule has 2 aromatic rings. The molecule has 0 spiro atoms. The second kappa shape index (κ2) is 7.03. The van der Waals surface area contributed by atoms with E-state index >= 15 is 0 Å². The molecule has 1 saturated heterocycles. The largest absolute Gasteiger partial charge is 0.413 e. The van der Waals surface area contributed by atoms with Crippen LogP contribution in [0.5, 0.6) is 0 Å². The summed E-state index contributed by atoms with van der Waals surface area (Å²) in [5.74, 6) is 1.06. The molecule has 132 valence electrons. The van der Waals surface area contributed by atoms with Gasteiger partial charge in [0.05, 0.1) is 29.4 Å². The number of quaternary nitrogens is 1. The van der Waals surface area contributed by atoms with E-state index in [1.165, 1.54) is 0 Å². The number of nitrogens with one attached hydrogen (secondary N) is 1. The predicted octanol–water partition coefficient (Wildman–Crippen LogP) is 0.611. The van der Waals surface area contributed by atoms with Crippen molar-refractivity contribution in [2.45, 2.75) is 39.4 Å². The molecule has 1 unspecified atom stereocenters. The number of rotatable bonds is 6. The zero-order valence-electron chi connectivity index (χ0n) is 13.7. The van der Waals surface area contributed by atoms with E-state index < -0.39 is 9.84 Å². The number of nitrogens with zero attached hydrogens (tertiary/aromatic N) is 3. The molecule has 0 saturated carbocycles. The normalized spacial score (nSPS) is 21.2. The molecule has 10 heteroatoms. The van der Waals surface area contributed by atoms with Crippen LogP contribution >= 0.6 is 23.6 Å². The third-order valence-electron chi connectivity index (χ3n) is 4.26. The van der Waals surface area contributed by atoms with Crippen molar-refractivity contribution < 1.29 is 17.7 Å². The van der Waals surface area contributed by atoms with Crippen LogP contribution in [0.15, 0.2) is 9.80 Å². The van der Waals surface area contributed by atoms with Gasteiger partial charge in [-0.3, -0.25) is 0 Å². The van der Waals surface area contributed by atoms with E-state index in [2.05, 4.69) is 10.1 Å². The van der Waals surface area contributed by atoms with Gasteiger partial charge >= 0.3 is 0 Å². The van der Waals surface area contributed by atoms with Gasteiger partial charge in [0, 0.05) is 11.8 Å². The van der Waals surface area contributed by atoms with Gasteiger partial charge < -0.3 is 9.32 Å². The Bertz CT molecular complexity index is 868. The summed E-state index contributed by atoms with van der Waals surface area (Å²) in [7, 11) is -2.89. The van der Waals surface area contributed by atoms with Gasteiger partial charge in [0.1, 0.15) is 11.8 Å². The lowest BCUT2D eigenvalue weighted by Crippen LogP contribution is -3.15. The summed E-state index contributed by atoms with van der Waals surface area (Å²) >= 11 is 6.86. The lowest BCUT2D eigenvalue weighted by molar-refractivity contribution is -0.943. The van der Waals surface area contributed by atoms with E-state index in [0.717, 1.165) is 22.1 Å². The van der Waals surface area contributed by atoms with Crippen LogP contribution < -0.4 is 4.90 Å². The molecule has 0 aliphatic carbocycles. The Labute approximate surface area is 150 Å². The van der Waals surface area contributed by atoms with Crippen LogP contribution in [-0.4, -0.2) is 47.3 Å². The molecule has 1 fully saturated rings. The summed E-state index contributed by atoms with van der Waals surface area (Å²) in [6.45, 7) is 5.34. The number of sulfone groups is 1. The fraction of sp³-hybridized carbons (Fsp3) is 0.643. The third kappa shape index (κ3) is 4.11. The van der Waals surface area contributed by atoms with Gasteiger partial charge in [0.25, 0.3) is 4.84 Å². The number of thiazole rings is 1. The van der Waals surface area contributed by atoms with Crippen LogP contribution in [0.25, 0.3) is 0 Å². The molecule has 2 aromatic heterocycles. The molecule has 3 heterocycles. The van der Waals surface area contributed by atoms with Gasteiger partial charge in [-0.25, -0.2) is 13.4 Å². The summed E-state index contributed by atoms with van der Waals surface area (Å²) < 4.78 is 30.7. The zero-order valence-corrected chi connectivity index (χ0v) is 16.1. The van der Waals surface area contributed by atoms with Crippen molar-refractivity contribution in [2.24, 2.45) is 0 Å². The molecule has 0 bridgehead atoms. The predicted molar refractivity (Wildman–Crippen MR) is 93.5 cm³/mol. The molecule has 0 aromatic carbocycles. The van der Waals surface area contributed by atoms with Crippen LogP contribution in [0.1, 0.15) is 29.9 Å². The Morgan fingerprint density at radius 2 is 2.33 bits per heavy atom. The fourth-order valence-electron chi connectivity index (χ4n) is 3.00. The molecular formula is C14H21N4O3S3+. The highest BCUT2D eigenvalue weighted by atomic mass is 32.2. The van der Waals surface area contributed by atoms with Crippen molar-refractivity contribution in [1.29, 1.82) is 0 Å². The molecule has 0 amide bonds. The number of hydrogen-bond donors (Lipinski definition) is 1. The first kappa shape index (κ1) is 17.7. The highest BCUT2D eigenvalue weighted by Crippen LogP contribution is 2.12. The number of aryl methyl sites for hydroxylation is 1. The quantitative estimate of drug-likeness (QED) is 0.729. The van der Waals surface area contributed by atoms with Crippen LogP contribution in [0, 0.1) is 11.8 Å². The fourth-order valence-corrected chi connectivity index (χ4v) is 5.64. The van der Waals surface area contributed by atoms with E-state index in [0.29, 0.717) is 30.2 Å². The number of aromatic nitrogens is 3. The molecule has 2 atom stereocenters. The first-order valence-electron chi connectivity index (χ1n) is 7.89. The topological polar surface area (TPSA) is 82.4 Å². The van der Waals surface area contributed by atoms with Gasteiger partial charge in [-0.15, -0.1) is 16.4 Å². The van der Waals surface area contributed by atoms with Crippen LogP contribution in [0.4, 0.5) is 0 Å². The highest BCUT2D eigenvalue weighted by Gasteiger charge is 2.35. The maximum atomic E-state index is 11.7. The Hall–Kier alpha value is -1.10. The van der Waals surface area contributed by atoms with Crippen molar-refractivity contribution in [3.63, 3.8) is 0 Å². The highest BCUT2D eigenvalue weighted by molar-refractivity contribution is 7.91. The van der Waals surface area contributed by atoms with Crippen molar-refractivity contribution in [1.82, 2.24) is 14.8 Å². The van der Waals surface area contributed by atoms with Crippen molar-refractivity contribution in [2.75, 3.05) is 18.1 Å². The van der Waals surface area contributed by atoms with Gasteiger partial charge in [-0.05, 0) is 26.1 Å². The van der Waals surface area contributed by atoms with E-state index in [9.17, 15) is 8.42 Å². The summed E-state index contributed by atoms with van der Waals surface area (Å²) in [5, 5.41) is 7.44. The summed E-state index contributed by atoms with van der Waals surface area (Å²) in [6, 6.07) is 0.100. The molecule has 3 rings (SSSR count). The van der Waals surface area contributed by atoms with Crippen LogP contribution in [-0.2, 0) is 22.9 Å². The van der Waals surface area contributed by atoms with E-state index in [1.54, 1.807) is 16.0 Å². The van der Waals surface area contributed by atoms with Crippen LogP contribution in [0.3, 0.4) is 0 Å². The van der Waals surface area contributed by atoms with Gasteiger partial charge in [0.2, 0.25) is 5.89 Å². The van der Waals surface area contributed by atoms with Crippen molar-refractivity contribution >= 4 is 33.4 Å². The minimum absolute atomic E-state index is 0.100. The van der Waals surface area contributed by atoms with E-state index in [-0.39, 0.29) is 17.5 Å². The molecule has 1 N–H and O–H groups in total. The Balaban J connectivity index is 1.71. The maximum Gasteiger partial charge on any atom is 0.291 e. The van der Waals surface area contributed by atoms with Crippen LogP contribution in [0.2, 0.25) is 0 Å². The minimum Gasteiger partial charge on any atom is -0.413 e. The standard InChI is InChI=1S/C14H20N4O3S3/c1-3-17(12-4-5-24(19,20)8-12)9-18-14(22)21-13(16-18)6-11-7-23-10(2)15-11/h7,12H,3-6,8-9H2,1-2H3/p+1/t12-/m1/s1. The Morgan fingerprint density at radius 3 is 2.92 bits per heavy atom. The van der Waals surface area contributed by atoms with E-state index in [4.69, 9.17) is 16.6 Å². The van der Waals surface area contributed by atoms with E-state index in [1.807, 2.05) is 19.2 Å². The van der Waals surface area contributed by atoms with Crippen molar-refractivity contribution in [3.05, 3.63) is 26.8 Å². The summed E-state index contributed by atoms with van der Waals surface area (Å²) in [6.07, 6.45) is 1.21. The molecule has 7 nitrogen and oxygen atoms in total. The SMILES string of the molecule is CC[NH+](Cn1nc(Cc2csc(C)n2)oc1=S)[C@@H]1CCS(=O)(=O)C1. The molecule has 24 heavy (non-hydrogen) atoms. The lowest BCUT2D eigenvalue weighted by atomic mass is 10.2. The average molecular weight is 390 g/mol. The van der Waals surface area contributed by atoms with Crippen molar-refractivity contribution in [3.8, 4) is 0 Å². The molecule has 0 radical (unpaired) electrons. The second-order valence-corrected chi connectivity index (χ2v) is 9.71. The molecule has 1 aliphatic heterocycles. The first-order valence-corrected chi connectivity index (χ1v) is 11.0. The summed E-state index contributed by atoms with van der Waals surface area (Å²) in [5.41, 5.74) is 0.919. The number of hydrogen-bond acceptors (Lipinski definition) is 7. The van der Waals surface area contributed by atoms with Gasteiger partial charge in [-0.2, -0.15) is 4.68 Å². The molecule has 1 aliphatic rings. The zero-order chi connectivity index (χ0) is 17.3. The third-order valence-corrected chi connectivity index (χ3v) is 7.15. The monoisotopic (exact) mass is 389 g/mol. The smallest absolute Gasteiger partial charge is 0.291 e.